The summed E-state index contributed by atoms with van der Waals surface area (Å²) in [6.07, 6.45) is 0. The Morgan fingerprint density at radius 2 is 2.20 bits per heavy atom. The largest absolute Gasteiger partial charge is 0.459 e. The van der Waals surface area contributed by atoms with Crippen molar-refractivity contribution >= 4 is 29.5 Å². The van der Waals surface area contributed by atoms with Crippen LogP contribution in [0.1, 0.15) is 16.1 Å². The van der Waals surface area contributed by atoms with E-state index >= 15 is 0 Å². The van der Waals surface area contributed by atoms with Crippen molar-refractivity contribution in [2.75, 3.05) is 0 Å². The van der Waals surface area contributed by atoms with Crippen LogP contribution in [-0.4, -0.2) is 5.91 Å². The summed E-state index contributed by atoms with van der Waals surface area (Å²) in [4.78, 5) is 11.5. The molecule has 0 spiro atoms. The summed E-state index contributed by atoms with van der Waals surface area (Å²) in [5.41, 5.74) is 3.23. The number of hydrogen-bond donors (Lipinski definition) is 3. The zero-order valence-corrected chi connectivity index (χ0v) is 8.75. The molecule has 0 aliphatic carbocycles. The van der Waals surface area contributed by atoms with Gasteiger partial charge in [-0.15, -0.1) is 0 Å². The topological polar surface area (TPSA) is 68.3 Å². The van der Waals surface area contributed by atoms with Gasteiger partial charge < -0.3 is 4.42 Å². The summed E-state index contributed by atoms with van der Waals surface area (Å²) < 4.78 is 5.48. The maximum atomic E-state index is 11.5. The number of hydrazine groups is 1. The smallest absolute Gasteiger partial charge is 0.269 e. The summed E-state index contributed by atoms with van der Waals surface area (Å²) >= 11 is 4.11. The van der Waals surface area contributed by atoms with Gasteiger partial charge in [-0.05, 0) is 6.07 Å². The van der Waals surface area contributed by atoms with Crippen LogP contribution >= 0.6 is 12.6 Å². The fourth-order valence-electron chi connectivity index (χ4n) is 1.53. The average Bonchev–Trinajstić information content (AvgIpc) is 2.66. The summed E-state index contributed by atoms with van der Waals surface area (Å²) in [5.74, 6) is 5.64. The molecule has 0 bridgehead atoms. The molecule has 0 aliphatic rings. The zero-order chi connectivity index (χ0) is 10.8. The molecule has 1 aromatic heterocycles. The van der Waals surface area contributed by atoms with Gasteiger partial charge in [-0.3, -0.25) is 10.2 Å². The highest BCUT2D eigenvalue weighted by atomic mass is 32.1. The third kappa shape index (κ3) is 1.60. The highest BCUT2D eigenvalue weighted by molar-refractivity contribution is 7.79. The lowest BCUT2D eigenvalue weighted by Crippen LogP contribution is -2.30. The molecule has 0 saturated heterocycles. The molecule has 1 heterocycles. The van der Waals surface area contributed by atoms with Crippen molar-refractivity contribution < 1.29 is 9.21 Å². The molecular formula is C10H10N2O2S. The average molecular weight is 222 g/mol. The molecule has 4 nitrogen and oxygen atoms in total. The minimum absolute atomic E-state index is 0.357. The molecule has 0 unspecified atom stereocenters. The number of fused-ring (bicyclic) bond motifs is 1. The van der Waals surface area contributed by atoms with E-state index in [0.29, 0.717) is 22.7 Å². The van der Waals surface area contributed by atoms with Crippen molar-refractivity contribution in [3.05, 3.63) is 35.6 Å². The van der Waals surface area contributed by atoms with Gasteiger partial charge in [-0.2, -0.15) is 12.6 Å². The molecule has 0 saturated carbocycles. The fourth-order valence-corrected chi connectivity index (χ4v) is 1.75. The van der Waals surface area contributed by atoms with Gasteiger partial charge in [0.15, 0.2) is 0 Å². The van der Waals surface area contributed by atoms with E-state index in [1.54, 1.807) is 6.07 Å². The van der Waals surface area contributed by atoms with E-state index in [1.165, 1.54) is 0 Å². The third-order valence-electron chi connectivity index (χ3n) is 2.17. The number of nitrogen functional groups attached to an aromatic ring is 1. The summed E-state index contributed by atoms with van der Waals surface area (Å²) in [5, 5.41) is 0.754. The van der Waals surface area contributed by atoms with Crippen LogP contribution in [0.15, 0.2) is 28.7 Å². The van der Waals surface area contributed by atoms with Crippen LogP contribution in [-0.2, 0) is 5.75 Å². The molecule has 3 N–H and O–H groups in total. The van der Waals surface area contributed by atoms with Gasteiger partial charge in [0, 0.05) is 11.1 Å². The SMILES string of the molecule is NNC(=O)c1c(CS)oc2ccccc12. The van der Waals surface area contributed by atoms with E-state index in [2.05, 4.69) is 18.1 Å². The highest BCUT2D eigenvalue weighted by Gasteiger charge is 2.18. The number of para-hydroxylation sites is 1. The maximum Gasteiger partial charge on any atom is 0.269 e. The lowest BCUT2D eigenvalue weighted by molar-refractivity contribution is 0.0953. The summed E-state index contributed by atoms with van der Waals surface area (Å²) in [6.45, 7) is 0. The van der Waals surface area contributed by atoms with E-state index < -0.39 is 0 Å². The molecule has 15 heavy (non-hydrogen) atoms. The maximum absolute atomic E-state index is 11.5. The van der Waals surface area contributed by atoms with Gasteiger partial charge in [0.05, 0.1) is 5.56 Å². The monoisotopic (exact) mass is 222 g/mol. The summed E-state index contributed by atoms with van der Waals surface area (Å²) in [6, 6.07) is 7.30. The van der Waals surface area contributed by atoms with E-state index in [4.69, 9.17) is 10.3 Å². The molecule has 2 aromatic rings. The Bertz CT molecular complexity index is 507. The number of furan rings is 1. The molecule has 1 amide bonds. The second kappa shape index (κ2) is 3.96. The number of rotatable bonds is 2. The standard InChI is InChI=1S/C10H10N2O2S/c11-12-10(13)9-6-3-1-2-4-7(6)14-8(9)5-15/h1-4,15H,5,11H2,(H,12,13). The minimum atomic E-state index is -0.357. The molecule has 78 valence electrons. The minimum Gasteiger partial charge on any atom is -0.459 e. The first-order valence-corrected chi connectivity index (χ1v) is 5.03. The molecule has 1 aromatic carbocycles. The number of nitrogens with two attached hydrogens (primary N) is 1. The van der Waals surface area contributed by atoms with Gasteiger partial charge >= 0.3 is 0 Å². The number of nitrogens with one attached hydrogen (secondary N) is 1. The lowest BCUT2D eigenvalue weighted by atomic mass is 10.1. The first-order chi connectivity index (χ1) is 7.27. The first-order valence-electron chi connectivity index (χ1n) is 4.40. The normalized spacial score (nSPS) is 10.5. The van der Waals surface area contributed by atoms with Gasteiger partial charge in [0.2, 0.25) is 0 Å². The number of hydrogen-bond acceptors (Lipinski definition) is 4. The second-order valence-electron chi connectivity index (χ2n) is 3.03. The van der Waals surface area contributed by atoms with E-state index in [9.17, 15) is 4.79 Å². The molecule has 0 atom stereocenters. The third-order valence-corrected chi connectivity index (χ3v) is 2.46. The fraction of sp³-hybridized carbons (Fsp3) is 0.100. The van der Waals surface area contributed by atoms with Crippen LogP contribution in [0.3, 0.4) is 0 Å². The summed E-state index contributed by atoms with van der Waals surface area (Å²) in [7, 11) is 0. The van der Waals surface area contributed by atoms with Gasteiger partial charge in [-0.1, -0.05) is 18.2 Å². The van der Waals surface area contributed by atoms with E-state index in [-0.39, 0.29) is 5.91 Å². The molecule has 2 rings (SSSR count). The predicted molar refractivity (Wildman–Crippen MR) is 60.6 cm³/mol. The lowest BCUT2D eigenvalue weighted by Gasteiger charge is -1.98. The zero-order valence-electron chi connectivity index (χ0n) is 7.86. The number of thiol groups is 1. The quantitative estimate of drug-likeness (QED) is 0.312. The van der Waals surface area contributed by atoms with Crippen molar-refractivity contribution in [1.29, 1.82) is 0 Å². The molecule has 0 aliphatic heterocycles. The van der Waals surface area contributed by atoms with Crippen LogP contribution in [0.5, 0.6) is 0 Å². The number of carbonyl (C=O) groups excluding carboxylic acids is 1. The number of benzene rings is 1. The van der Waals surface area contributed by atoms with Crippen LogP contribution < -0.4 is 11.3 Å². The molecule has 0 fully saturated rings. The number of amides is 1. The highest BCUT2D eigenvalue weighted by Crippen LogP contribution is 2.26. The number of carbonyl (C=O) groups is 1. The van der Waals surface area contributed by atoms with E-state index in [0.717, 1.165) is 5.39 Å². The Kier molecular flexibility index (Phi) is 2.66. The Balaban J connectivity index is 2.72. The van der Waals surface area contributed by atoms with Crippen LogP contribution in [0.2, 0.25) is 0 Å². The Morgan fingerprint density at radius 1 is 1.47 bits per heavy atom. The van der Waals surface area contributed by atoms with Crippen molar-refractivity contribution in [3.63, 3.8) is 0 Å². The molecule has 5 heteroatoms. The van der Waals surface area contributed by atoms with Crippen LogP contribution in [0, 0.1) is 0 Å². The van der Waals surface area contributed by atoms with Crippen molar-refractivity contribution in [3.8, 4) is 0 Å². The Hall–Kier alpha value is -1.46. The van der Waals surface area contributed by atoms with E-state index in [1.807, 2.05) is 18.2 Å². The van der Waals surface area contributed by atoms with Crippen LogP contribution in [0.25, 0.3) is 11.0 Å². The second-order valence-corrected chi connectivity index (χ2v) is 3.34. The van der Waals surface area contributed by atoms with Crippen molar-refractivity contribution in [2.24, 2.45) is 5.84 Å². The van der Waals surface area contributed by atoms with Gasteiger partial charge in [0.25, 0.3) is 5.91 Å². The Morgan fingerprint density at radius 3 is 2.87 bits per heavy atom. The van der Waals surface area contributed by atoms with Gasteiger partial charge in [-0.25, -0.2) is 5.84 Å². The Labute approximate surface area is 91.8 Å². The predicted octanol–water partition coefficient (Wildman–Crippen LogP) is 1.47. The van der Waals surface area contributed by atoms with Crippen molar-refractivity contribution in [2.45, 2.75) is 5.75 Å². The van der Waals surface area contributed by atoms with Crippen molar-refractivity contribution in [1.82, 2.24) is 5.43 Å². The molecule has 0 radical (unpaired) electrons. The van der Waals surface area contributed by atoms with Gasteiger partial charge in [0.1, 0.15) is 11.3 Å². The van der Waals surface area contributed by atoms with Crippen LogP contribution in [0.4, 0.5) is 0 Å². The molecular weight excluding hydrogens is 212 g/mol. The first kappa shape index (κ1) is 10.1.